The Morgan fingerprint density at radius 3 is 2.45 bits per heavy atom. The molecule has 1 N–H and O–H groups in total. The highest BCUT2D eigenvalue weighted by atomic mass is 35.5. The van der Waals surface area contributed by atoms with Crippen molar-refractivity contribution in [2.45, 2.75) is 26.8 Å². The summed E-state index contributed by atoms with van der Waals surface area (Å²) in [6.07, 6.45) is 0. The number of carbonyl (C=O) groups excluding carboxylic acids is 2. The van der Waals surface area contributed by atoms with E-state index < -0.39 is 23.5 Å². The smallest absolute Gasteiger partial charge is 0.294 e. The van der Waals surface area contributed by atoms with Crippen LogP contribution in [0.5, 0.6) is 0 Å². The van der Waals surface area contributed by atoms with Gasteiger partial charge >= 0.3 is 0 Å². The highest BCUT2D eigenvalue weighted by Crippen LogP contribution is 2.43. The third-order valence-electron chi connectivity index (χ3n) is 5.95. The normalized spacial score (nSPS) is 16.3. The van der Waals surface area contributed by atoms with Crippen LogP contribution in [0.2, 0.25) is 5.02 Å². The number of aliphatic hydroxyl groups is 1. The van der Waals surface area contributed by atoms with E-state index in [1.807, 2.05) is 26.0 Å². The molecule has 0 saturated carbocycles. The average Bonchev–Trinajstić information content (AvgIpc) is 3.46. The molecule has 4 aromatic rings. The lowest BCUT2D eigenvalue weighted by Gasteiger charge is -2.25. The molecular formula is C26H20ClNO5. The lowest BCUT2D eigenvalue weighted by molar-refractivity contribution is -0.117. The van der Waals surface area contributed by atoms with Gasteiger partial charge in [0.1, 0.15) is 23.1 Å². The number of amides is 1. The van der Waals surface area contributed by atoms with Crippen LogP contribution in [-0.4, -0.2) is 16.8 Å². The summed E-state index contributed by atoms with van der Waals surface area (Å²) in [6, 6.07) is 14.6. The Morgan fingerprint density at radius 1 is 0.970 bits per heavy atom. The first-order valence-corrected chi connectivity index (χ1v) is 10.8. The van der Waals surface area contributed by atoms with Crippen LogP contribution in [-0.2, 0) is 4.79 Å². The van der Waals surface area contributed by atoms with E-state index in [0.29, 0.717) is 33.2 Å². The number of ketones is 1. The molecule has 1 atom stereocenters. The Bertz CT molecular complexity index is 1480. The molecule has 0 saturated heterocycles. The fourth-order valence-electron chi connectivity index (χ4n) is 4.11. The van der Waals surface area contributed by atoms with Crippen LogP contribution >= 0.6 is 11.6 Å². The highest BCUT2D eigenvalue weighted by Gasteiger charge is 2.47. The Morgan fingerprint density at radius 2 is 1.76 bits per heavy atom. The average molecular weight is 462 g/mol. The van der Waals surface area contributed by atoms with Gasteiger partial charge in [-0.1, -0.05) is 17.7 Å². The lowest BCUT2D eigenvalue weighted by atomic mass is 9.99. The predicted molar refractivity (Wildman–Crippen MR) is 125 cm³/mol. The molecule has 1 aliphatic heterocycles. The number of hydrogen-bond donors (Lipinski definition) is 1. The zero-order valence-electron chi connectivity index (χ0n) is 18.2. The summed E-state index contributed by atoms with van der Waals surface area (Å²) in [6.45, 7) is 5.68. The number of halogens is 1. The standard InChI is InChI=1S/C26H20ClNO5/c1-13-4-7-18(10-14(13)2)28-23(20-8-5-15(3)32-20)22(25(30)26(28)31)24(29)21-12-16-11-17(27)6-9-19(16)33-21/h4-12,23,30H,1-3H3. The van der Waals surface area contributed by atoms with Gasteiger partial charge in [-0.2, -0.15) is 0 Å². The maximum atomic E-state index is 13.6. The van der Waals surface area contributed by atoms with Gasteiger partial charge in [0.2, 0.25) is 5.78 Å². The summed E-state index contributed by atoms with van der Waals surface area (Å²) in [5.74, 6) is -0.925. The van der Waals surface area contributed by atoms with Gasteiger partial charge in [0.15, 0.2) is 11.5 Å². The number of benzene rings is 2. The molecular weight excluding hydrogens is 442 g/mol. The maximum Gasteiger partial charge on any atom is 0.294 e. The van der Waals surface area contributed by atoms with Crippen LogP contribution in [0.25, 0.3) is 11.0 Å². The highest BCUT2D eigenvalue weighted by molar-refractivity contribution is 6.31. The second-order valence-corrected chi connectivity index (χ2v) is 8.62. The van der Waals surface area contributed by atoms with Crippen LogP contribution in [0.3, 0.4) is 0 Å². The number of anilines is 1. The van der Waals surface area contributed by atoms with Crippen molar-refractivity contribution in [1.29, 1.82) is 0 Å². The number of rotatable bonds is 4. The topological polar surface area (TPSA) is 83.9 Å². The van der Waals surface area contributed by atoms with Crippen molar-refractivity contribution in [3.63, 3.8) is 0 Å². The number of aliphatic hydroxyl groups excluding tert-OH is 1. The van der Waals surface area contributed by atoms with E-state index in [4.69, 9.17) is 20.4 Å². The first-order valence-electron chi connectivity index (χ1n) is 10.4. The molecule has 1 aliphatic rings. The SMILES string of the molecule is Cc1ccc(C2C(C(=O)c3cc4cc(Cl)ccc4o3)=C(O)C(=O)N2c2ccc(C)c(C)c2)o1. The molecule has 5 rings (SSSR count). The van der Waals surface area contributed by atoms with Gasteiger partial charge in [-0.25, -0.2) is 0 Å². The minimum atomic E-state index is -0.947. The molecule has 0 aliphatic carbocycles. The van der Waals surface area contributed by atoms with Crippen molar-refractivity contribution in [3.05, 3.63) is 99.4 Å². The summed E-state index contributed by atoms with van der Waals surface area (Å²) in [4.78, 5) is 28.2. The van der Waals surface area contributed by atoms with Crippen molar-refractivity contribution >= 4 is 39.9 Å². The van der Waals surface area contributed by atoms with Gasteiger partial charge in [-0.15, -0.1) is 0 Å². The van der Waals surface area contributed by atoms with Crippen LogP contribution in [0, 0.1) is 20.8 Å². The van der Waals surface area contributed by atoms with E-state index in [2.05, 4.69) is 0 Å². The third-order valence-corrected chi connectivity index (χ3v) is 6.19. The van der Waals surface area contributed by atoms with Crippen LogP contribution in [0.4, 0.5) is 5.69 Å². The maximum absolute atomic E-state index is 13.6. The molecule has 1 unspecified atom stereocenters. The van der Waals surface area contributed by atoms with Gasteiger partial charge in [0.25, 0.3) is 5.91 Å². The number of fused-ring (bicyclic) bond motifs is 1. The summed E-state index contributed by atoms with van der Waals surface area (Å²) < 4.78 is 11.6. The van der Waals surface area contributed by atoms with Crippen LogP contribution in [0.15, 0.2) is 74.8 Å². The monoisotopic (exact) mass is 461 g/mol. The molecule has 0 fully saturated rings. The van der Waals surface area contributed by atoms with Gasteiger partial charge in [0, 0.05) is 16.1 Å². The van der Waals surface area contributed by atoms with E-state index in [9.17, 15) is 14.7 Å². The fraction of sp³-hybridized carbons (Fsp3) is 0.154. The van der Waals surface area contributed by atoms with E-state index in [-0.39, 0.29) is 11.3 Å². The first-order chi connectivity index (χ1) is 15.7. The van der Waals surface area contributed by atoms with Crippen molar-refractivity contribution < 1.29 is 23.5 Å². The van der Waals surface area contributed by atoms with Crippen LogP contribution in [0.1, 0.15) is 39.2 Å². The zero-order chi connectivity index (χ0) is 23.4. The van der Waals surface area contributed by atoms with Crippen LogP contribution < -0.4 is 4.90 Å². The molecule has 2 aromatic carbocycles. The number of carbonyl (C=O) groups is 2. The van der Waals surface area contributed by atoms with Gasteiger partial charge < -0.3 is 13.9 Å². The molecule has 3 heterocycles. The van der Waals surface area contributed by atoms with Crippen molar-refractivity contribution in [2.75, 3.05) is 4.90 Å². The van der Waals surface area contributed by atoms with E-state index in [1.54, 1.807) is 49.4 Å². The van der Waals surface area contributed by atoms with Gasteiger partial charge in [0.05, 0.1) is 5.57 Å². The molecule has 33 heavy (non-hydrogen) atoms. The van der Waals surface area contributed by atoms with E-state index >= 15 is 0 Å². The molecule has 1 amide bonds. The Hall–Kier alpha value is -3.77. The second-order valence-electron chi connectivity index (χ2n) is 8.18. The number of nitrogens with zero attached hydrogens (tertiary/aromatic N) is 1. The number of furan rings is 2. The van der Waals surface area contributed by atoms with E-state index in [0.717, 1.165) is 11.1 Å². The van der Waals surface area contributed by atoms with E-state index in [1.165, 1.54) is 4.90 Å². The molecule has 7 heteroatoms. The summed E-state index contributed by atoms with van der Waals surface area (Å²) in [5.41, 5.74) is 2.96. The largest absolute Gasteiger partial charge is 0.503 e. The fourth-order valence-corrected chi connectivity index (χ4v) is 4.29. The Kier molecular flexibility index (Phi) is 4.91. The summed E-state index contributed by atoms with van der Waals surface area (Å²) in [7, 11) is 0. The lowest BCUT2D eigenvalue weighted by Crippen LogP contribution is -2.30. The molecule has 0 radical (unpaired) electrons. The zero-order valence-corrected chi connectivity index (χ0v) is 18.9. The van der Waals surface area contributed by atoms with Crippen molar-refractivity contribution in [3.8, 4) is 0 Å². The van der Waals surface area contributed by atoms with Crippen molar-refractivity contribution in [2.24, 2.45) is 0 Å². The molecule has 166 valence electrons. The Balaban J connectivity index is 1.65. The predicted octanol–water partition coefficient (Wildman–Crippen LogP) is 6.39. The second kappa shape index (κ2) is 7.67. The number of aryl methyl sites for hydroxylation is 3. The number of Topliss-reactive ketones (excluding diaryl/α,β-unsaturated/α-hetero) is 1. The molecule has 0 spiro atoms. The molecule has 2 aromatic heterocycles. The number of hydrogen-bond acceptors (Lipinski definition) is 5. The molecule has 6 nitrogen and oxygen atoms in total. The molecule has 0 bridgehead atoms. The quantitative estimate of drug-likeness (QED) is 0.356. The van der Waals surface area contributed by atoms with Gasteiger partial charge in [-0.05, 0) is 80.4 Å². The minimum absolute atomic E-state index is 0.00293. The third kappa shape index (κ3) is 3.43. The summed E-state index contributed by atoms with van der Waals surface area (Å²) >= 11 is 6.05. The Labute approximate surface area is 194 Å². The first kappa shape index (κ1) is 21.1. The van der Waals surface area contributed by atoms with Crippen molar-refractivity contribution in [1.82, 2.24) is 0 Å². The summed E-state index contributed by atoms with van der Waals surface area (Å²) in [5, 5.41) is 12.0. The van der Waals surface area contributed by atoms with Gasteiger partial charge in [-0.3, -0.25) is 14.5 Å². The minimum Gasteiger partial charge on any atom is -0.503 e.